The van der Waals surface area contributed by atoms with Crippen molar-refractivity contribution in [2.75, 3.05) is 13.2 Å². The number of carbonyl (C=O) groups excluding carboxylic acids is 1. The summed E-state index contributed by atoms with van der Waals surface area (Å²) >= 11 is 0. The molecule has 1 saturated carbocycles. The number of hydrogen-bond acceptors (Lipinski definition) is 3. The van der Waals surface area contributed by atoms with Crippen molar-refractivity contribution in [3.8, 4) is 11.5 Å². The van der Waals surface area contributed by atoms with Crippen LogP contribution in [0.5, 0.6) is 11.5 Å². The van der Waals surface area contributed by atoms with Gasteiger partial charge in [-0.15, -0.1) is 0 Å². The van der Waals surface area contributed by atoms with Gasteiger partial charge >= 0.3 is 0 Å². The minimum Gasteiger partial charge on any atom is -0.486 e. The van der Waals surface area contributed by atoms with Crippen LogP contribution in [0.15, 0.2) is 18.2 Å². The molecule has 1 aromatic rings. The number of Topliss-reactive ketones (excluding diaryl/α,β-unsaturated/α-hetero) is 1. The second-order valence-electron chi connectivity index (χ2n) is 5.82. The van der Waals surface area contributed by atoms with Crippen LogP contribution in [0.2, 0.25) is 0 Å². The molecular weight excluding hydrogens is 252 g/mol. The van der Waals surface area contributed by atoms with E-state index in [-0.39, 0.29) is 5.78 Å². The molecule has 0 spiro atoms. The van der Waals surface area contributed by atoms with Crippen molar-refractivity contribution >= 4 is 5.78 Å². The molecule has 108 valence electrons. The number of rotatable bonds is 4. The van der Waals surface area contributed by atoms with Gasteiger partial charge in [-0.3, -0.25) is 4.79 Å². The molecule has 2 aliphatic rings. The van der Waals surface area contributed by atoms with E-state index in [1.807, 2.05) is 18.2 Å². The molecule has 20 heavy (non-hydrogen) atoms. The summed E-state index contributed by atoms with van der Waals surface area (Å²) in [5.41, 5.74) is 0.755. The molecular formula is C17H22O3. The molecule has 1 heterocycles. The Morgan fingerprint density at radius 1 is 1.05 bits per heavy atom. The van der Waals surface area contributed by atoms with E-state index in [0.29, 0.717) is 25.4 Å². The fourth-order valence-corrected chi connectivity index (χ4v) is 3.17. The number of carbonyl (C=O) groups is 1. The Labute approximate surface area is 120 Å². The van der Waals surface area contributed by atoms with Crippen molar-refractivity contribution in [2.24, 2.45) is 5.92 Å². The third kappa shape index (κ3) is 3.14. The van der Waals surface area contributed by atoms with Crippen LogP contribution in [0.4, 0.5) is 0 Å². The Kier molecular flexibility index (Phi) is 4.24. The average molecular weight is 274 g/mol. The minimum absolute atomic E-state index is 0.229. The van der Waals surface area contributed by atoms with Crippen LogP contribution in [0.25, 0.3) is 0 Å². The van der Waals surface area contributed by atoms with Gasteiger partial charge in [-0.05, 0) is 30.5 Å². The van der Waals surface area contributed by atoms with Crippen molar-refractivity contribution in [3.05, 3.63) is 23.8 Å². The van der Waals surface area contributed by atoms with Gasteiger partial charge in [0.05, 0.1) is 0 Å². The Morgan fingerprint density at radius 2 is 1.80 bits per heavy atom. The van der Waals surface area contributed by atoms with Crippen molar-refractivity contribution in [1.82, 2.24) is 0 Å². The van der Waals surface area contributed by atoms with E-state index in [0.717, 1.165) is 23.7 Å². The van der Waals surface area contributed by atoms with Gasteiger partial charge in [0.15, 0.2) is 17.3 Å². The molecule has 0 unspecified atom stereocenters. The molecule has 0 N–H and O–H groups in total. The third-order valence-electron chi connectivity index (χ3n) is 4.37. The highest BCUT2D eigenvalue weighted by atomic mass is 16.6. The van der Waals surface area contributed by atoms with E-state index in [1.54, 1.807) is 0 Å². The SMILES string of the molecule is O=C(CCC1CCCCC1)c1ccc2c(c1)OCCO2. The highest BCUT2D eigenvalue weighted by Gasteiger charge is 2.18. The topological polar surface area (TPSA) is 35.5 Å². The highest BCUT2D eigenvalue weighted by molar-refractivity contribution is 5.96. The summed E-state index contributed by atoms with van der Waals surface area (Å²) in [6.07, 6.45) is 8.33. The second-order valence-corrected chi connectivity index (χ2v) is 5.82. The summed E-state index contributed by atoms with van der Waals surface area (Å²) in [4.78, 5) is 12.3. The molecule has 0 bridgehead atoms. The molecule has 1 aromatic carbocycles. The van der Waals surface area contributed by atoms with Crippen LogP contribution in [-0.2, 0) is 0 Å². The number of benzene rings is 1. The fraction of sp³-hybridized carbons (Fsp3) is 0.588. The monoisotopic (exact) mass is 274 g/mol. The Bertz CT molecular complexity index is 475. The minimum atomic E-state index is 0.229. The van der Waals surface area contributed by atoms with Gasteiger partial charge in [0.2, 0.25) is 0 Å². The zero-order valence-electron chi connectivity index (χ0n) is 11.9. The van der Waals surface area contributed by atoms with Crippen LogP contribution in [0, 0.1) is 5.92 Å². The predicted octanol–water partition coefficient (Wildman–Crippen LogP) is 4.00. The van der Waals surface area contributed by atoms with Crippen molar-refractivity contribution in [3.63, 3.8) is 0 Å². The standard InChI is InChI=1S/C17H22O3/c18-15(8-6-13-4-2-1-3-5-13)14-7-9-16-17(12-14)20-11-10-19-16/h7,9,12-13H,1-6,8,10-11H2. The Balaban J connectivity index is 1.59. The van der Waals surface area contributed by atoms with Crippen LogP contribution < -0.4 is 9.47 Å². The van der Waals surface area contributed by atoms with Crippen LogP contribution in [-0.4, -0.2) is 19.0 Å². The molecule has 3 nitrogen and oxygen atoms in total. The molecule has 0 aromatic heterocycles. The van der Waals surface area contributed by atoms with Crippen molar-refractivity contribution in [2.45, 2.75) is 44.9 Å². The maximum absolute atomic E-state index is 12.3. The van der Waals surface area contributed by atoms with Gasteiger partial charge in [-0.25, -0.2) is 0 Å². The average Bonchev–Trinajstić information content (AvgIpc) is 2.53. The maximum atomic E-state index is 12.3. The van der Waals surface area contributed by atoms with Gasteiger partial charge in [-0.2, -0.15) is 0 Å². The summed E-state index contributed by atoms with van der Waals surface area (Å²) in [5.74, 6) is 2.44. The van der Waals surface area contributed by atoms with Gasteiger partial charge < -0.3 is 9.47 Å². The quantitative estimate of drug-likeness (QED) is 0.778. The van der Waals surface area contributed by atoms with Crippen molar-refractivity contribution < 1.29 is 14.3 Å². The Morgan fingerprint density at radius 3 is 2.60 bits per heavy atom. The maximum Gasteiger partial charge on any atom is 0.163 e. The van der Waals surface area contributed by atoms with Gasteiger partial charge in [-0.1, -0.05) is 32.1 Å². The van der Waals surface area contributed by atoms with Crippen molar-refractivity contribution in [1.29, 1.82) is 0 Å². The smallest absolute Gasteiger partial charge is 0.163 e. The van der Waals surface area contributed by atoms with Gasteiger partial charge in [0, 0.05) is 12.0 Å². The lowest BCUT2D eigenvalue weighted by molar-refractivity contribution is 0.0969. The second kappa shape index (κ2) is 6.29. The van der Waals surface area contributed by atoms with E-state index >= 15 is 0 Å². The number of ether oxygens (including phenoxy) is 2. The van der Waals surface area contributed by atoms with E-state index in [2.05, 4.69) is 0 Å². The summed E-state index contributed by atoms with van der Waals surface area (Å²) in [7, 11) is 0. The molecule has 1 aliphatic carbocycles. The highest BCUT2D eigenvalue weighted by Crippen LogP contribution is 2.32. The lowest BCUT2D eigenvalue weighted by Crippen LogP contribution is -2.16. The first-order chi connectivity index (χ1) is 9.83. The zero-order chi connectivity index (χ0) is 13.8. The third-order valence-corrected chi connectivity index (χ3v) is 4.37. The largest absolute Gasteiger partial charge is 0.486 e. The first-order valence-electron chi connectivity index (χ1n) is 7.76. The molecule has 0 radical (unpaired) electrons. The fourth-order valence-electron chi connectivity index (χ4n) is 3.17. The normalized spacial score (nSPS) is 18.8. The first kappa shape index (κ1) is 13.5. The molecule has 0 amide bonds. The van der Waals surface area contributed by atoms with E-state index in [4.69, 9.17) is 9.47 Å². The summed E-state index contributed by atoms with van der Waals surface area (Å²) < 4.78 is 11.0. The van der Waals surface area contributed by atoms with Crippen LogP contribution in [0.1, 0.15) is 55.3 Å². The zero-order valence-corrected chi connectivity index (χ0v) is 11.9. The molecule has 0 atom stereocenters. The lowest BCUT2D eigenvalue weighted by atomic mass is 9.85. The molecule has 3 heteroatoms. The number of ketones is 1. The summed E-state index contributed by atoms with van der Waals surface area (Å²) in [6, 6.07) is 5.54. The number of hydrogen-bond donors (Lipinski definition) is 0. The van der Waals surface area contributed by atoms with E-state index in [1.165, 1.54) is 32.1 Å². The number of fused-ring (bicyclic) bond motifs is 1. The van der Waals surface area contributed by atoms with Gasteiger partial charge in [0.25, 0.3) is 0 Å². The summed E-state index contributed by atoms with van der Waals surface area (Å²) in [5, 5.41) is 0. The molecule has 1 fully saturated rings. The first-order valence-corrected chi connectivity index (χ1v) is 7.76. The summed E-state index contributed by atoms with van der Waals surface area (Å²) in [6.45, 7) is 1.15. The van der Waals surface area contributed by atoms with E-state index < -0.39 is 0 Å². The van der Waals surface area contributed by atoms with E-state index in [9.17, 15) is 4.79 Å². The molecule has 1 aliphatic heterocycles. The predicted molar refractivity (Wildman–Crippen MR) is 77.6 cm³/mol. The molecule has 0 saturated heterocycles. The van der Waals surface area contributed by atoms with Gasteiger partial charge in [0.1, 0.15) is 13.2 Å². The van der Waals surface area contributed by atoms with Crippen LogP contribution in [0.3, 0.4) is 0 Å². The van der Waals surface area contributed by atoms with Crippen LogP contribution >= 0.6 is 0 Å². The Hall–Kier alpha value is -1.51. The lowest BCUT2D eigenvalue weighted by Gasteiger charge is -2.21. The molecule has 3 rings (SSSR count).